The number of carbonyl (C=O) groups is 1. The summed E-state index contributed by atoms with van der Waals surface area (Å²) in [5.74, 6) is -0.404. The average molecular weight is 319 g/mol. The molecule has 0 aliphatic carbocycles. The van der Waals surface area contributed by atoms with E-state index in [1.807, 2.05) is 0 Å². The van der Waals surface area contributed by atoms with E-state index in [4.69, 9.17) is 5.73 Å². The summed E-state index contributed by atoms with van der Waals surface area (Å²) in [6, 6.07) is 2.65. The SMILES string of the molecule is CN(C)C(=O)NCCNc1cc(Br)c(F)cc1N. The van der Waals surface area contributed by atoms with Gasteiger partial charge in [0.2, 0.25) is 0 Å². The van der Waals surface area contributed by atoms with Gasteiger partial charge in [0.15, 0.2) is 0 Å². The molecule has 4 N–H and O–H groups in total. The number of nitrogens with one attached hydrogen (secondary N) is 2. The molecule has 0 fully saturated rings. The summed E-state index contributed by atoms with van der Waals surface area (Å²) in [4.78, 5) is 12.7. The van der Waals surface area contributed by atoms with Crippen molar-refractivity contribution in [2.75, 3.05) is 38.2 Å². The van der Waals surface area contributed by atoms with Crippen LogP contribution in [0.5, 0.6) is 0 Å². The molecular formula is C11H16BrFN4O. The van der Waals surface area contributed by atoms with Gasteiger partial charge in [0, 0.05) is 33.3 Å². The maximum Gasteiger partial charge on any atom is 0.316 e. The Bertz CT molecular complexity index is 439. The molecule has 0 radical (unpaired) electrons. The summed E-state index contributed by atoms with van der Waals surface area (Å²) in [7, 11) is 3.33. The third-order valence-electron chi connectivity index (χ3n) is 2.22. The largest absolute Gasteiger partial charge is 0.397 e. The molecule has 0 unspecified atom stereocenters. The number of nitrogens with zero attached hydrogens (tertiary/aromatic N) is 1. The Morgan fingerprint density at radius 3 is 2.72 bits per heavy atom. The number of urea groups is 1. The predicted octanol–water partition coefficient (Wildman–Crippen LogP) is 1.85. The maximum absolute atomic E-state index is 13.1. The summed E-state index contributed by atoms with van der Waals surface area (Å²) in [6.07, 6.45) is 0. The number of hydrogen-bond acceptors (Lipinski definition) is 3. The topological polar surface area (TPSA) is 70.4 Å². The Kier molecular flexibility index (Phi) is 5.21. The van der Waals surface area contributed by atoms with E-state index in [1.165, 1.54) is 11.0 Å². The van der Waals surface area contributed by atoms with Crippen molar-refractivity contribution >= 4 is 33.3 Å². The minimum absolute atomic E-state index is 0.162. The van der Waals surface area contributed by atoms with E-state index in [2.05, 4.69) is 26.6 Å². The van der Waals surface area contributed by atoms with Crippen LogP contribution >= 0.6 is 15.9 Å². The van der Waals surface area contributed by atoms with Crippen molar-refractivity contribution in [1.82, 2.24) is 10.2 Å². The minimum atomic E-state index is -0.404. The molecule has 0 aliphatic rings. The molecule has 100 valence electrons. The van der Waals surface area contributed by atoms with Crippen LogP contribution in [0.3, 0.4) is 0 Å². The van der Waals surface area contributed by atoms with Gasteiger partial charge >= 0.3 is 6.03 Å². The highest BCUT2D eigenvalue weighted by atomic mass is 79.9. The lowest BCUT2D eigenvalue weighted by Gasteiger charge is -2.13. The second kappa shape index (κ2) is 6.44. The van der Waals surface area contributed by atoms with Gasteiger partial charge in [-0.25, -0.2) is 9.18 Å². The van der Waals surface area contributed by atoms with Crippen molar-refractivity contribution < 1.29 is 9.18 Å². The Morgan fingerprint density at radius 1 is 1.44 bits per heavy atom. The summed E-state index contributed by atoms with van der Waals surface area (Å²) in [5, 5.41) is 5.72. The van der Waals surface area contributed by atoms with E-state index >= 15 is 0 Å². The van der Waals surface area contributed by atoms with Crippen LogP contribution in [0.25, 0.3) is 0 Å². The Labute approximate surface area is 114 Å². The van der Waals surface area contributed by atoms with Gasteiger partial charge in [0.05, 0.1) is 15.8 Å². The summed E-state index contributed by atoms with van der Waals surface area (Å²) < 4.78 is 13.5. The first-order chi connectivity index (χ1) is 8.41. The number of anilines is 2. The molecule has 0 saturated heterocycles. The van der Waals surface area contributed by atoms with E-state index in [0.29, 0.717) is 28.9 Å². The van der Waals surface area contributed by atoms with Gasteiger partial charge in [-0.05, 0) is 22.0 Å². The van der Waals surface area contributed by atoms with Crippen LogP contribution in [0.2, 0.25) is 0 Å². The number of halogens is 2. The van der Waals surface area contributed by atoms with E-state index in [-0.39, 0.29) is 6.03 Å². The van der Waals surface area contributed by atoms with Gasteiger partial charge in [-0.1, -0.05) is 0 Å². The first-order valence-corrected chi connectivity index (χ1v) is 6.14. The molecule has 5 nitrogen and oxygen atoms in total. The van der Waals surface area contributed by atoms with Gasteiger partial charge in [0.1, 0.15) is 5.82 Å². The highest BCUT2D eigenvalue weighted by Gasteiger charge is 2.06. The van der Waals surface area contributed by atoms with E-state index in [1.54, 1.807) is 20.2 Å². The second-order valence-electron chi connectivity index (χ2n) is 3.91. The van der Waals surface area contributed by atoms with E-state index in [0.717, 1.165) is 0 Å². The third kappa shape index (κ3) is 4.06. The predicted molar refractivity (Wildman–Crippen MR) is 74.1 cm³/mol. The standard InChI is InChI=1S/C11H16BrFN4O/c1-17(2)11(18)16-4-3-15-10-5-7(12)8(13)6-9(10)14/h5-6,15H,3-4,14H2,1-2H3,(H,16,18). The third-order valence-corrected chi connectivity index (χ3v) is 2.82. The molecule has 18 heavy (non-hydrogen) atoms. The molecule has 1 rings (SSSR count). The monoisotopic (exact) mass is 318 g/mol. The molecule has 1 aromatic rings. The zero-order chi connectivity index (χ0) is 13.7. The number of rotatable bonds is 4. The first-order valence-electron chi connectivity index (χ1n) is 5.35. The fourth-order valence-electron chi connectivity index (χ4n) is 1.24. The lowest BCUT2D eigenvalue weighted by Crippen LogP contribution is -2.37. The summed E-state index contributed by atoms with van der Waals surface area (Å²) in [5.41, 5.74) is 6.62. The van der Waals surface area contributed by atoms with E-state index in [9.17, 15) is 9.18 Å². The van der Waals surface area contributed by atoms with Crippen LogP contribution in [0.1, 0.15) is 0 Å². The quantitative estimate of drug-likeness (QED) is 0.586. The first kappa shape index (κ1) is 14.6. The summed E-state index contributed by atoms with van der Waals surface area (Å²) >= 11 is 3.08. The lowest BCUT2D eigenvalue weighted by atomic mass is 10.2. The van der Waals surface area contributed by atoms with Gasteiger partial charge in [0.25, 0.3) is 0 Å². The number of nitrogens with two attached hydrogens (primary N) is 1. The summed E-state index contributed by atoms with van der Waals surface area (Å²) in [6.45, 7) is 0.952. The number of carbonyl (C=O) groups excluding carboxylic acids is 1. The molecule has 0 spiro atoms. The number of amides is 2. The van der Waals surface area contributed by atoms with Gasteiger partial charge < -0.3 is 21.3 Å². The van der Waals surface area contributed by atoms with Gasteiger partial charge in [-0.15, -0.1) is 0 Å². The average Bonchev–Trinajstić information content (AvgIpc) is 2.30. The maximum atomic E-state index is 13.1. The lowest BCUT2D eigenvalue weighted by molar-refractivity contribution is 0.218. The van der Waals surface area contributed by atoms with Crippen molar-refractivity contribution in [3.05, 3.63) is 22.4 Å². The number of benzene rings is 1. The normalized spacial score (nSPS) is 10.0. The molecule has 0 heterocycles. The fraction of sp³-hybridized carbons (Fsp3) is 0.364. The number of nitrogen functional groups attached to an aromatic ring is 1. The van der Waals surface area contributed by atoms with Crippen molar-refractivity contribution in [2.24, 2.45) is 0 Å². The zero-order valence-electron chi connectivity index (χ0n) is 10.3. The molecule has 0 aromatic heterocycles. The van der Waals surface area contributed by atoms with Crippen molar-refractivity contribution in [1.29, 1.82) is 0 Å². The van der Waals surface area contributed by atoms with Crippen LogP contribution in [0, 0.1) is 5.82 Å². The molecule has 0 atom stereocenters. The molecular weight excluding hydrogens is 303 g/mol. The molecule has 0 bridgehead atoms. The van der Waals surface area contributed by atoms with Crippen LogP contribution in [0.4, 0.5) is 20.6 Å². The molecule has 0 aliphatic heterocycles. The molecule has 7 heteroatoms. The minimum Gasteiger partial charge on any atom is -0.397 e. The zero-order valence-corrected chi connectivity index (χ0v) is 11.8. The molecule has 2 amide bonds. The Balaban J connectivity index is 2.45. The van der Waals surface area contributed by atoms with Crippen LogP contribution in [-0.2, 0) is 0 Å². The fourth-order valence-corrected chi connectivity index (χ4v) is 1.58. The van der Waals surface area contributed by atoms with Crippen molar-refractivity contribution in [3.63, 3.8) is 0 Å². The van der Waals surface area contributed by atoms with Crippen LogP contribution in [0.15, 0.2) is 16.6 Å². The molecule has 1 aromatic carbocycles. The van der Waals surface area contributed by atoms with Gasteiger partial charge in [-0.2, -0.15) is 0 Å². The highest BCUT2D eigenvalue weighted by Crippen LogP contribution is 2.26. The van der Waals surface area contributed by atoms with Crippen LogP contribution in [-0.4, -0.2) is 38.1 Å². The van der Waals surface area contributed by atoms with Crippen molar-refractivity contribution in [2.45, 2.75) is 0 Å². The van der Waals surface area contributed by atoms with Crippen molar-refractivity contribution in [3.8, 4) is 0 Å². The molecule has 0 saturated carbocycles. The number of hydrogen-bond donors (Lipinski definition) is 3. The highest BCUT2D eigenvalue weighted by molar-refractivity contribution is 9.10. The van der Waals surface area contributed by atoms with Gasteiger partial charge in [-0.3, -0.25) is 0 Å². The van der Waals surface area contributed by atoms with E-state index < -0.39 is 5.82 Å². The van der Waals surface area contributed by atoms with Crippen LogP contribution < -0.4 is 16.4 Å². The smallest absolute Gasteiger partial charge is 0.316 e. The Morgan fingerprint density at radius 2 is 2.11 bits per heavy atom. The Hall–Kier alpha value is -1.50. The second-order valence-corrected chi connectivity index (χ2v) is 4.76.